The van der Waals surface area contributed by atoms with Crippen LogP contribution in [0.2, 0.25) is 0 Å². The van der Waals surface area contributed by atoms with Crippen molar-refractivity contribution in [1.29, 1.82) is 0 Å². The van der Waals surface area contributed by atoms with E-state index in [-0.39, 0.29) is 11.4 Å². The average Bonchev–Trinajstić information content (AvgIpc) is 2.25. The molecule has 18 heavy (non-hydrogen) atoms. The number of hydrogen-bond acceptors (Lipinski definition) is 2. The Morgan fingerprint density at radius 3 is 2.61 bits per heavy atom. The number of fused-ring (bicyclic) bond motifs is 1. The molecule has 0 unspecified atom stereocenters. The Morgan fingerprint density at radius 2 is 2.06 bits per heavy atom. The van der Waals surface area contributed by atoms with E-state index in [1.807, 2.05) is 4.90 Å². The lowest BCUT2D eigenvalue weighted by Gasteiger charge is -2.42. The summed E-state index contributed by atoms with van der Waals surface area (Å²) in [4.78, 5) is 13.8. The molecule has 3 nitrogen and oxygen atoms in total. The van der Waals surface area contributed by atoms with Gasteiger partial charge in [0.05, 0.1) is 11.4 Å². The molecular formula is C15H22N2O. The number of nitrogens with one attached hydrogen (secondary N) is 1. The average molecular weight is 246 g/mol. The summed E-state index contributed by atoms with van der Waals surface area (Å²) < 4.78 is 0. The van der Waals surface area contributed by atoms with Crippen molar-refractivity contribution in [2.75, 3.05) is 16.8 Å². The second-order valence-electron chi connectivity index (χ2n) is 6.01. The van der Waals surface area contributed by atoms with Crippen molar-refractivity contribution in [1.82, 2.24) is 0 Å². The summed E-state index contributed by atoms with van der Waals surface area (Å²) >= 11 is 0. The van der Waals surface area contributed by atoms with Crippen LogP contribution < -0.4 is 10.2 Å². The summed E-state index contributed by atoms with van der Waals surface area (Å²) in [6.07, 6.45) is 0. The van der Waals surface area contributed by atoms with Crippen molar-refractivity contribution < 1.29 is 4.79 Å². The van der Waals surface area contributed by atoms with Gasteiger partial charge < -0.3 is 10.2 Å². The number of carbonyl (C=O) groups is 1. The van der Waals surface area contributed by atoms with Gasteiger partial charge in [0, 0.05) is 19.0 Å². The minimum atomic E-state index is -0.0890. The summed E-state index contributed by atoms with van der Waals surface area (Å²) in [7, 11) is 0. The van der Waals surface area contributed by atoms with E-state index in [4.69, 9.17) is 0 Å². The minimum Gasteiger partial charge on any atom is -0.377 e. The van der Waals surface area contributed by atoms with Gasteiger partial charge in [0.15, 0.2) is 0 Å². The van der Waals surface area contributed by atoms with Crippen LogP contribution in [0.4, 0.5) is 11.4 Å². The third-order valence-corrected chi connectivity index (χ3v) is 3.37. The quantitative estimate of drug-likeness (QED) is 0.824. The lowest BCUT2D eigenvalue weighted by atomic mass is 9.93. The third kappa shape index (κ3) is 2.22. The highest BCUT2D eigenvalue weighted by Crippen LogP contribution is 2.40. The van der Waals surface area contributed by atoms with Crippen LogP contribution in [0, 0.1) is 0 Å². The molecule has 1 amide bonds. The maximum atomic E-state index is 11.9. The SMILES string of the molecule is CC(=O)N1CC(C)(C)Nc2cccc(C(C)C)c21. The van der Waals surface area contributed by atoms with Gasteiger partial charge in [-0.2, -0.15) is 0 Å². The second-order valence-corrected chi connectivity index (χ2v) is 6.01. The third-order valence-electron chi connectivity index (χ3n) is 3.37. The van der Waals surface area contributed by atoms with Crippen LogP contribution in [0.15, 0.2) is 18.2 Å². The largest absolute Gasteiger partial charge is 0.377 e. The normalized spacial score (nSPS) is 17.3. The standard InChI is InChI=1S/C15H22N2O/c1-10(2)12-7-6-8-13-14(12)17(11(3)18)9-15(4,5)16-13/h6-8,10,16H,9H2,1-5H3. The number of anilines is 2. The predicted molar refractivity (Wildman–Crippen MR) is 76.3 cm³/mol. The molecule has 1 aliphatic heterocycles. The molecule has 2 rings (SSSR count). The predicted octanol–water partition coefficient (Wildman–Crippen LogP) is 3.37. The first kappa shape index (κ1) is 12.9. The van der Waals surface area contributed by atoms with Gasteiger partial charge in [0.25, 0.3) is 0 Å². The molecule has 0 atom stereocenters. The Hall–Kier alpha value is -1.51. The molecular weight excluding hydrogens is 224 g/mol. The van der Waals surface area contributed by atoms with Gasteiger partial charge in [-0.15, -0.1) is 0 Å². The van der Waals surface area contributed by atoms with Crippen molar-refractivity contribution in [3.8, 4) is 0 Å². The first-order valence-corrected chi connectivity index (χ1v) is 6.51. The smallest absolute Gasteiger partial charge is 0.224 e. The molecule has 3 heteroatoms. The number of benzene rings is 1. The first-order valence-electron chi connectivity index (χ1n) is 6.51. The Kier molecular flexibility index (Phi) is 3.09. The number of carbonyl (C=O) groups excluding carboxylic acids is 1. The number of amides is 1. The maximum absolute atomic E-state index is 11.9. The van der Waals surface area contributed by atoms with Crippen molar-refractivity contribution >= 4 is 17.3 Å². The van der Waals surface area contributed by atoms with E-state index in [2.05, 4.69) is 51.2 Å². The first-order chi connectivity index (χ1) is 8.32. The van der Waals surface area contributed by atoms with Gasteiger partial charge in [0.2, 0.25) is 5.91 Å². The number of para-hydroxylation sites is 1. The van der Waals surface area contributed by atoms with E-state index in [1.54, 1.807) is 6.92 Å². The monoisotopic (exact) mass is 246 g/mol. The zero-order valence-electron chi connectivity index (χ0n) is 11.9. The molecule has 0 spiro atoms. The Morgan fingerprint density at radius 1 is 1.39 bits per heavy atom. The molecule has 0 aromatic heterocycles. The summed E-state index contributed by atoms with van der Waals surface area (Å²) in [5.74, 6) is 0.517. The van der Waals surface area contributed by atoms with Crippen LogP contribution in [-0.2, 0) is 4.79 Å². The van der Waals surface area contributed by atoms with Crippen LogP contribution >= 0.6 is 0 Å². The zero-order chi connectivity index (χ0) is 13.5. The van der Waals surface area contributed by atoms with Crippen molar-refractivity contribution in [3.05, 3.63) is 23.8 Å². The van der Waals surface area contributed by atoms with Crippen molar-refractivity contribution in [3.63, 3.8) is 0 Å². The molecule has 1 aromatic carbocycles. The van der Waals surface area contributed by atoms with Crippen LogP contribution in [0.25, 0.3) is 0 Å². The number of hydrogen-bond donors (Lipinski definition) is 1. The van der Waals surface area contributed by atoms with E-state index in [9.17, 15) is 4.79 Å². The van der Waals surface area contributed by atoms with E-state index in [0.29, 0.717) is 12.5 Å². The fraction of sp³-hybridized carbons (Fsp3) is 0.533. The fourth-order valence-corrected chi connectivity index (χ4v) is 2.58. The Bertz CT molecular complexity index is 477. The number of nitrogens with zero attached hydrogens (tertiary/aromatic N) is 1. The highest BCUT2D eigenvalue weighted by atomic mass is 16.2. The summed E-state index contributed by atoms with van der Waals surface area (Å²) in [6, 6.07) is 6.22. The van der Waals surface area contributed by atoms with Crippen LogP contribution in [0.3, 0.4) is 0 Å². The zero-order valence-corrected chi connectivity index (χ0v) is 11.9. The molecule has 0 saturated heterocycles. The molecule has 0 saturated carbocycles. The second kappa shape index (κ2) is 4.30. The molecule has 1 aromatic rings. The number of rotatable bonds is 1. The van der Waals surface area contributed by atoms with E-state index in [0.717, 1.165) is 11.4 Å². The molecule has 1 aliphatic rings. The topological polar surface area (TPSA) is 32.3 Å². The van der Waals surface area contributed by atoms with Crippen LogP contribution in [-0.4, -0.2) is 18.0 Å². The van der Waals surface area contributed by atoms with Gasteiger partial charge in [-0.05, 0) is 31.4 Å². The molecule has 1 N–H and O–H groups in total. The van der Waals surface area contributed by atoms with Gasteiger partial charge in [-0.25, -0.2) is 0 Å². The Balaban J connectivity index is 2.60. The molecule has 0 aliphatic carbocycles. The molecule has 0 bridgehead atoms. The molecule has 0 fully saturated rings. The van der Waals surface area contributed by atoms with E-state index in [1.165, 1.54) is 5.56 Å². The lowest BCUT2D eigenvalue weighted by molar-refractivity contribution is -0.116. The molecule has 0 radical (unpaired) electrons. The Labute approximate surface area is 109 Å². The lowest BCUT2D eigenvalue weighted by Crippen LogP contribution is -2.50. The van der Waals surface area contributed by atoms with Crippen LogP contribution in [0.1, 0.15) is 46.1 Å². The maximum Gasteiger partial charge on any atom is 0.224 e. The summed E-state index contributed by atoms with van der Waals surface area (Å²) in [6.45, 7) is 10.9. The molecule has 98 valence electrons. The summed E-state index contributed by atoms with van der Waals surface area (Å²) in [5, 5.41) is 3.52. The fourth-order valence-electron chi connectivity index (χ4n) is 2.58. The summed E-state index contributed by atoms with van der Waals surface area (Å²) in [5.41, 5.74) is 3.26. The van der Waals surface area contributed by atoms with Gasteiger partial charge in [-0.1, -0.05) is 26.0 Å². The van der Waals surface area contributed by atoms with Crippen LogP contribution in [0.5, 0.6) is 0 Å². The van der Waals surface area contributed by atoms with E-state index < -0.39 is 0 Å². The highest BCUT2D eigenvalue weighted by molar-refractivity contribution is 5.98. The van der Waals surface area contributed by atoms with Gasteiger partial charge >= 0.3 is 0 Å². The van der Waals surface area contributed by atoms with Gasteiger partial charge in [-0.3, -0.25) is 4.79 Å². The highest BCUT2D eigenvalue weighted by Gasteiger charge is 2.33. The molecule has 1 heterocycles. The van der Waals surface area contributed by atoms with Crippen molar-refractivity contribution in [2.45, 2.75) is 46.1 Å². The van der Waals surface area contributed by atoms with Gasteiger partial charge in [0.1, 0.15) is 0 Å². The van der Waals surface area contributed by atoms with Crippen molar-refractivity contribution in [2.24, 2.45) is 0 Å². The van der Waals surface area contributed by atoms with E-state index >= 15 is 0 Å². The minimum absolute atomic E-state index is 0.0890.